The second kappa shape index (κ2) is 4.92. The number of Topliss-reactive ketones (excluding diaryl/α,β-unsaturated/α-hetero) is 1. The zero-order chi connectivity index (χ0) is 12.4. The maximum absolute atomic E-state index is 11.2. The Morgan fingerprint density at radius 1 is 1.22 bits per heavy atom. The molecule has 1 aliphatic heterocycles. The minimum absolute atomic E-state index is 0.355. The predicted octanol–water partition coefficient (Wildman–Crippen LogP) is 1.61. The molecule has 2 fully saturated rings. The van der Waals surface area contributed by atoms with Crippen molar-refractivity contribution in [2.24, 2.45) is 0 Å². The normalized spacial score (nSPS) is 20.7. The van der Waals surface area contributed by atoms with Crippen LogP contribution in [0.5, 0.6) is 0 Å². The second-order valence-electron chi connectivity index (χ2n) is 5.06. The molecule has 96 valence electrons. The molecule has 0 spiro atoms. The largest absolute Gasteiger partial charge is 0.367 e. The number of hydrogen-bond donors (Lipinski definition) is 1. The van der Waals surface area contributed by atoms with Crippen LogP contribution in [0.4, 0.5) is 11.6 Å². The van der Waals surface area contributed by atoms with E-state index in [-0.39, 0.29) is 0 Å². The molecule has 2 aliphatic rings. The lowest BCUT2D eigenvalue weighted by atomic mass is 9.93. The number of ketones is 1. The summed E-state index contributed by atoms with van der Waals surface area (Å²) in [5.41, 5.74) is 0. The van der Waals surface area contributed by atoms with Crippen molar-refractivity contribution in [1.82, 2.24) is 9.97 Å². The maximum Gasteiger partial charge on any atom is 0.136 e. The third-order valence-electron chi connectivity index (χ3n) is 3.75. The Balaban J connectivity index is 1.67. The van der Waals surface area contributed by atoms with Gasteiger partial charge in [0.2, 0.25) is 0 Å². The highest BCUT2D eigenvalue weighted by Gasteiger charge is 2.20. The average molecular weight is 246 g/mol. The minimum atomic E-state index is 0.355. The highest BCUT2D eigenvalue weighted by Crippen LogP contribution is 2.24. The van der Waals surface area contributed by atoms with Crippen molar-refractivity contribution < 1.29 is 4.79 Å². The zero-order valence-electron chi connectivity index (χ0n) is 10.4. The molecule has 18 heavy (non-hydrogen) atoms. The first-order valence-corrected chi connectivity index (χ1v) is 6.66. The van der Waals surface area contributed by atoms with E-state index in [9.17, 15) is 4.79 Å². The van der Waals surface area contributed by atoms with E-state index in [1.54, 1.807) is 6.33 Å². The van der Waals surface area contributed by atoms with Crippen LogP contribution in [0.15, 0.2) is 12.4 Å². The van der Waals surface area contributed by atoms with Gasteiger partial charge in [-0.1, -0.05) is 0 Å². The second-order valence-corrected chi connectivity index (χ2v) is 5.06. The number of carbonyl (C=O) groups is 1. The van der Waals surface area contributed by atoms with Gasteiger partial charge in [0.05, 0.1) is 0 Å². The standard InChI is InChI=1S/C13H18N4O/c18-11-4-6-17(7-5-11)13-8-12(14-9-15-13)16-10-2-1-3-10/h8-10H,1-7H2,(H,14,15,16). The van der Waals surface area contributed by atoms with Crippen molar-refractivity contribution in [2.75, 3.05) is 23.3 Å². The van der Waals surface area contributed by atoms with Crippen molar-refractivity contribution in [1.29, 1.82) is 0 Å². The quantitative estimate of drug-likeness (QED) is 0.878. The first-order valence-electron chi connectivity index (χ1n) is 6.66. The van der Waals surface area contributed by atoms with Gasteiger partial charge in [-0.2, -0.15) is 0 Å². The molecule has 5 nitrogen and oxygen atoms in total. The Morgan fingerprint density at radius 3 is 2.67 bits per heavy atom. The van der Waals surface area contributed by atoms with E-state index in [0.717, 1.165) is 24.7 Å². The molecular weight excluding hydrogens is 228 g/mol. The van der Waals surface area contributed by atoms with Crippen LogP contribution >= 0.6 is 0 Å². The van der Waals surface area contributed by atoms with Crippen LogP contribution in [0.2, 0.25) is 0 Å². The van der Waals surface area contributed by atoms with Gasteiger partial charge in [-0.25, -0.2) is 9.97 Å². The van der Waals surface area contributed by atoms with Crippen LogP contribution in [0.25, 0.3) is 0 Å². The highest BCUT2D eigenvalue weighted by atomic mass is 16.1. The van der Waals surface area contributed by atoms with Gasteiger partial charge in [0, 0.05) is 38.0 Å². The molecular formula is C13H18N4O. The highest BCUT2D eigenvalue weighted by molar-refractivity contribution is 5.80. The molecule has 0 unspecified atom stereocenters. The van der Waals surface area contributed by atoms with Gasteiger partial charge in [0.1, 0.15) is 23.7 Å². The molecule has 5 heteroatoms. The Labute approximate surface area is 107 Å². The molecule has 0 aromatic carbocycles. The third-order valence-corrected chi connectivity index (χ3v) is 3.75. The lowest BCUT2D eigenvalue weighted by molar-refractivity contribution is -0.119. The summed E-state index contributed by atoms with van der Waals surface area (Å²) in [5.74, 6) is 2.19. The molecule has 1 aliphatic carbocycles. The van der Waals surface area contributed by atoms with Crippen molar-refractivity contribution >= 4 is 17.4 Å². The van der Waals surface area contributed by atoms with Crippen LogP contribution in [0.3, 0.4) is 0 Å². The Morgan fingerprint density at radius 2 is 2.00 bits per heavy atom. The van der Waals surface area contributed by atoms with Crippen LogP contribution in [-0.2, 0) is 4.79 Å². The van der Waals surface area contributed by atoms with E-state index in [2.05, 4.69) is 20.2 Å². The topological polar surface area (TPSA) is 58.1 Å². The number of anilines is 2. The summed E-state index contributed by atoms with van der Waals surface area (Å²) in [6.45, 7) is 1.55. The average Bonchev–Trinajstić information content (AvgIpc) is 2.35. The third kappa shape index (κ3) is 2.44. The molecule has 1 aromatic heterocycles. The van der Waals surface area contributed by atoms with Crippen LogP contribution in [0, 0.1) is 0 Å². The number of hydrogen-bond acceptors (Lipinski definition) is 5. The van der Waals surface area contributed by atoms with Crippen LogP contribution < -0.4 is 10.2 Å². The van der Waals surface area contributed by atoms with E-state index in [0.29, 0.717) is 24.7 Å². The smallest absolute Gasteiger partial charge is 0.136 e. The summed E-state index contributed by atoms with van der Waals surface area (Å²) in [7, 11) is 0. The Bertz CT molecular complexity index is 434. The summed E-state index contributed by atoms with van der Waals surface area (Å²) in [5, 5.41) is 3.42. The van der Waals surface area contributed by atoms with Gasteiger partial charge in [-0.05, 0) is 19.3 Å². The van der Waals surface area contributed by atoms with Gasteiger partial charge < -0.3 is 10.2 Å². The van der Waals surface area contributed by atoms with E-state index in [4.69, 9.17) is 0 Å². The summed E-state index contributed by atoms with van der Waals surface area (Å²) in [4.78, 5) is 21.9. The SMILES string of the molecule is O=C1CCN(c2cc(NC3CCC3)ncn2)CC1. The number of piperidine rings is 1. The summed E-state index contributed by atoms with van der Waals surface area (Å²) >= 11 is 0. The molecule has 3 rings (SSSR count). The van der Waals surface area contributed by atoms with Crippen LogP contribution in [0.1, 0.15) is 32.1 Å². The number of nitrogens with zero attached hydrogens (tertiary/aromatic N) is 3. The number of carbonyl (C=O) groups excluding carboxylic acids is 1. The van der Waals surface area contributed by atoms with Gasteiger partial charge >= 0.3 is 0 Å². The van der Waals surface area contributed by atoms with E-state index < -0.39 is 0 Å². The molecule has 0 amide bonds. The molecule has 1 saturated heterocycles. The molecule has 0 atom stereocenters. The molecule has 1 saturated carbocycles. The number of aromatic nitrogens is 2. The summed E-state index contributed by atoms with van der Waals surface area (Å²) in [6, 6.07) is 2.57. The van der Waals surface area contributed by atoms with E-state index >= 15 is 0 Å². The molecule has 0 bridgehead atoms. The van der Waals surface area contributed by atoms with Crippen molar-refractivity contribution in [2.45, 2.75) is 38.1 Å². The minimum Gasteiger partial charge on any atom is -0.367 e. The molecule has 1 aromatic rings. The molecule has 0 radical (unpaired) electrons. The van der Waals surface area contributed by atoms with E-state index in [1.807, 2.05) is 6.07 Å². The fourth-order valence-corrected chi connectivity index (χ4v) is 2.35. The summed E-state index contributed by atoms with van der Waals surface area (Å²) < 4.78 is 0. The fourth-order valence-electron chi connectivity index (χ4n) is 2.35. The summed E-state index contributed by atoms with van der Waals surface area (Å²) in [6.07, 6.45) is 6.65. The Kier molecular flexibility index (Phi) is 3.13. The molecule has 1 N–H and O–H groups in total. The maximum atomic E-state index is 11.2. The number of rotatable bonds is 3. The van der Waals surface area contributed by atoms with Gasteiger partial charge in [0.25, 0.3) is 0 Å². The first kappa shape index (κ1) is 11.4. The Hall–Kier alpha value is -1.65. The van der Waals surface area contributed by atoms with Crippen molar-refractivity contribution in [3.05, 3.63) is 12.4 Å². The fraction of sp³-hybridized carbons (Fsp3) is 0.615. The van der Waals surface area contributed by atoms with E-state index in [1.165, 1.54) is 19.3 Å². The lowest BCUT2D eigenvalue weighted by Crippen LogP contribution is -2.34. The van der Waals surface area contributed by atoms with Gasteiger partial charge in [-0.3, -0.25) is 4.79 Å². The molecule has 2 heterocycles. The monoisotopic (exact) mass is 246 g/mol. The first-order chi connectivity index (χ1) is 8.81. The predicted molar refractivity (Wildman–Crippen MR) is 69.7 cm³/mol. The van der Waals surface area contributed by atoms with Gasteiger partial charge in [0.15, 0.2) is 0 Å². The number of nitrogens with one attached hydrogen (secondary N) is 1. The van der Waals surface area contributed by atoms with Gasteiger partial charge in [-0.15, -0.1) is 0 Å². The van der Waals surface area contributed by atoms with Crippen molar-refractivity contribution in [3.8, 4) is 0 Å². The van der Waals surface area contributed by atoms with Crippen LogP contribution in [-0.4, -0.2) is 34.9 Å². The van der Waals surface area contributed by atoms with Crippen molar-refractivity contribution in [3.63, 3.8) is 0 Å². The zero-order valence-corrected chi connectivity index (χ0v) is 10.4. The lowest BCUT2D eigenvalue weighted by Gasteiger charge is -2.29.